The van der Waals surface area contributed by atoms with Gasteiger partial charge in [-0.3, -0.25) is 4.90 Å². The lowest BCUT2D eigenvalue weighted by molar-refractivity contribution is 0.0672. The monoisotopic (exact) mass is 247 g/mol. The van der Waals surface area contributed by atoms with Crippen LogP contribution in [0.5, 0.6) is 0 Å². The summed E-state index contributed by atoms with van der Waals surface area (Å²) in [6.07, 6.45) is 4.23. The second-order valence-electron chi connectivity index (χ2n) is 5.41. The predicted octanol–water partition coefficient (Wildman–Crippen LogP) is 0.974. The molecule has 1 aromatic heterocycles. The number of rotatable bonds is 2. The Labute approximate surface area is 108 Å². The number of anilines is 1. The molecule has 0 saturated carbocycles. The van der Waals surface area contributed by atoms with Crippen LogP contribution in [0.15, 0.2) is 24.4 Å². The van der Waals surface area contributed by atoms with E-state index < -0.39 is 0 Å². The van der Waals surface area contributed by atoms with Gasteiger partial charge in [-0.25, -0.2) is 4.98 Å². The van der Waals surface area contributed by atoms with Gasteiger partial charge in [0.2, 0.25) is 0 Å². The summed E-state index contributed by atoms with van der Waals surface area (Å²) in [5, 5.41) is 9.26. The minimum atomic E-state index is 0.340. The van der Waals surface area contributed by atoms with Crippen molar-refractivity contribution in [2.75, 3.05) is 37.7 Å². The average Bonchev–Trinajstić information content (AvgIpc) is 2.47. The number of nitrogens with zero attached hydrogens (tertiary/aromatic N) is 3. The van der Waals surface area contributed by atoms with Gasteiger partial charge in [-0.1, -0.05) is 6.07 Å². The van der Waals surface area contributed by atoms with Crippen molar-refractivity contribution in [2.24, 2.45) is 5.92 Å². The van der Waals surface area contributed by atoms with Gasteiger partial charge < -0.3 is 10.0 Å². The summed E-state index contributed by atoms with van der Waals surface area (Å²) < 4.78 is 0. The minimum absolute atomic E-state index is 0.340. The van der Waals surface area contributed by atoms with E-state index in [1.807, 2.05) is 12.3 Å². The third-order valence-electron chi connectivity index (χ3n) is 4.24. The number of fused-ring (bicyclic) bond motifs is 1. The molecule has 1 aromatic rings. The van der Waals surface area contributed by atoms with E-state index >= 15 is 0 Å². The normalized spacial score (nSPS) is 29.1. The Hall–Kier alpha value is -1.13. The Bertz CT molecular complexity index is 384. The Morgan fingerprint density at radius 2 is 2.17 bits per heavy atom. The van der Waals surface area contributed by atoms with E-state index in [2.05, 4.69) is 26.9 Å². The number of hydrogen-bond donors (Lipinski definition) is 1. The molecular weight excluding hydrogens is 226 g/mol. The Morgan fingerprint density at radius 1 is 1.22 bits per heavy atom. The highest BCUT2D eigenvalue weighted by Crippen LogP contribution is 2.26. The number of pyridine rings is 1. The molecule has 98 valence electrons. The van der Waals surface area contributed by atoms with Crippen molar-refractivity contribution in [1.29, 1.82) is 0 Å². The maximum atomic E-state index is 9.26. The molecule has 0 unspecified atom stereocenters. The van der Waals surface area contributed by atoms with E-state index in [1.165, 1.54) is 6.42 Å². The van der Waals surface area contributed by atoms with Gasteiger partial charge in [0.25, 0.3) is 0 Å². The summed E-state index contributed by atoms with van der Waals surface area (Å²) in [7, 11) is 0. The molecule has 0 spiro atoms. The molecule has 2 atom stereocenters. The van der Waals surface area contributed by atoms with E-state index in [9.17, 15) is 5.11 Å². The highest BCUT2D eigenvalue weighted by Gasteiger charge is 2.32. The molecule has 3 heterocycles. The van der Waals surface area contributed by atoms with Crippen molar-refractivity contribution >= 4 is 5.82 Å². The highest BCUT2D eigenvalue weighted by atomic mass is 16.3. The summed E-state index contributed by atoms with van der Waals surface area (Å²) in [5.41, 5.74) is 0. The van der Waals surface area contributed by atoms with Crippen LogP contribution in [0.4, 0.5) is 5.82 Å². The van der Waals surface area contributed by atoms with Crippen molar-refractivity contribution < 1.29 is 5.11 Å². The zero-order valence-electron chi connectivity index (χ0n) is 10.7. The number of piperazine rings is 1. The second kappa shape index (κ2) is 5.24. The molecule has 2 fully saturated rings. The standard InChI is InChI=1S/C14H21N3O/c18-11-12-4-5-13-10-17(8-7-16(13)9-12)14-3-1-2-6-15-14/h1-3,6,12-13,18H,4-5,7-11H2/t12-,13-/m1/s1. The molecule has 0 aromatic carbocycles. The molecule has 0 bridgehead atoms. The molecule has 2 aliphatic heterocycles. The van der Waals surface area contributed by atoms with Crippen LogP contribution in [0.25, 0.3) is 0 Å². The molecule has 0 amide bonds. The maximum absolute atomic E-state index is 9.26. The molecule has 3 rings (SSSR count). The molecule has 0 radical (unpaired) electrons. The number of piperidine rings is 1. The van der Waals surface area contributed by atoms with Crippen molar-refractivity contribution in [3.05, 3.63) is 24.4 Å². The van der Waals surface area contributed by atoms with E-state index in [0.717, 1.165) is 38.4 Å². The van der Waals surface area contributed by atoms with Gasteiger partial charge in [-0.2, -0.15) is 0 Å². The molecule has 2 aliphatic rings. The van der Waals surface area contributed by atoms with Crippen LogP contribution in [0.3, 0.4) is 0 Å². The van der Waals surface area contributed by atoms with Crippen molar-refractivity contribution in [3.8, 4) is 0 Å². The smallest absolute Gasteiger partial charge is 0.128 e. The van der Waals surface area contributed by atoms with Gasteiger partial charge in [0.1, 0.15) is 5.82 Å². The van der Waals surface area contributed by atoms with Crippen LogP contribution < -0.4 is 4.90 Å². The largest absolute Gasteiger partial charge is 0.396 e. The number of hydrogen-bond acceptors (Lipinski definition) is 4. The summed E-state index contributed by atoms with van der Waals surface area (Å²) >= 11 is 0. The lowest BCUT2D eigenvalue weighted by Gasteiger charge is -2.46. The van der Waals surface area contributed by atoms with Crippen molar-refractivity contribution in [1.82, 2.24) is 9.88 Å². The summed E-state index contributed by atoms with van der Waals surface area (Å²) in [6, 6.07) is 6.75. The first-order valence-corrected chi connectivity index (χ1v) is 6.87. The van der Waals surface area contributed by atoms with E-state index in [-0.39, 0.29) is 0 Å². The van der Waals surface area contributed by atoms with Gasteiger partial charge in [0.15, 0.2) is 0 Å². The Balaban J connectivity index is 1.65. The van der Waals surface area contributed by atoms with Crippen molar-refractivity contribution in [3.63, 3.8) is 0 Å². The van der Waals surface area contributed by atoms with Crippen molar-refractivity contribution in [2.45, 2.75) is 18.9 Å². The van der Waals surface area contributed by atoms with Crippen LogP contribution in [-0.4, -0.2) is 53.8 Å². The van der Waals surface area contributed by atoms with Gasteiger partial charge in [0, 0.05) is 45.0 Å². The van der Waals surface area contributed by atoms with E-state index in [0.29, 0.717) is 18.6 Å². The zero-order chi connectivity index (χ0) is 12.4. The average molecular weight is 247 g/mol. The third kappa shape index (κ3) is 2.35. The third-order valence-corrected chi connectivity index (χ3v) is 4.24. The van der Waals surface area contributed by atoms with Gasteiger partial charge in [-0.15, -0.1) is 0 Å². The SMILES string of the molecule is OC[C@@H]1CC[C@@H]2CN(c3ccccn3)CCN2C1. The van der Waals surface area contributed by atoms with Gasteiger partial charge in [-0.05, 0) is 30.9 Å². The summed E-state index contributed by atoms with van der Waals surface area (Å²) in [6.45, 7) is 4.63. The van der Waals surface area contributed by atoms with Crippen LogP contribution in [0.2, 0.25) is 0 Å². The zero-order valence-corrected chi connectivity index (χ0v) is 10.7. The predicted molar refractivity (Wildman–Crippen MR) is 71.6 cm³/mol. The first-order chi connectivity index (χ1) is 8.86. The Morgan fingerprint density at radius 3 is 2.94 bits per heavy atom. The fourth-order valence-corrected chi connectivity index (χ4v) is 3.16. The maximum Gasteiger partial charge on any atom is 0.128 e. The topological polar surface area (TPSA) is 39.6 Å². The first kappa shape index (κ1) is 11.9. The molecule has 2 saturated heterocycles. The molecule has 18 heavy (non-hydrogen) atoms. The highest BCUT2D eigenvalue weighted by molar-refractivity contribution is 5.38. The number of aliphatic hydroxyl groups is 1. The number of aliphatic hydroxyl groups excluding tert-OH is 1. The lowest BCUT2D eigenvalue weighted by atomic mass is 9.91. The molecule has 4 heteroatoms. The Kier molecular flexibility index (Phi) is 3.48. The van der Waals surface area contributed by atoms with E-state index in [4.69, 9.17) is 0 Å². The van der Waals surface area contributed by atoms with Gasteiger partial charge >= 0.3 is 0 Å². The van der Waals surface area contributed by atoms with E-state index in [1.54, 1.807) is 0 Å². The summed E-state index contributed by atoms with van der Waals surface area (Å²) in [5.74, 6) is 1.59. The first-order valence-electron chi connectivity index (χ1n) is 6.87. The van der Waals surface area contributed by atoms with Crippen LogP contribution in [0, 0.1) is 5.92 Å². The minimum Gasteiger partial charge on any atom is -0.396 e. The lowest BCUT2D eigenvalue weighted by Crippen LogP contribution is -2.57. The second-order valence-corrected chi connectivity index (χ2v) is 5.41. The molecule has 0 aliphatic carbocycles. The molecule has 1 N–H and O–H groups in total. The van der Waals surface area contributed by atoms with Gasteiger partial charge in [0.05, 0.1) is 0 Å². The molecule has 4 nitrogen and oxygen atoms in total. The van der Waals surface area contributed by atoms with Crippen LogP contribution >= 0.6 is 0 Å². The molecular formula is C14H21N3O. The summed E-state index contributed by atoms with van der Waals surface area (Å²) in [4.78, 5) is 9.37. The number of aromatic nitrogens is 1. The quantitative estimate of drug-likeness (QED) is 0.845. The fourth-order valence-electron chi connectivity index (χ4n) is 3.16. The van der Waals surface area contributed by atoms with Crippen LogP contribution in [-0.2, 0) is 0 Å². The fraction of sp³-hybridized carbons (Fsp3) is 0.643. The van der Waals surface area contributed by atoms with Crippen LogP contribution in [0.1, 0.15) is 12.8 Å².